The molecule has 1 aliphatic carbocycles. The Kier molecular flexibility index (Phi) is 5.76. The molecule has 1 saturated carbocycles. The van der Waals surface area contributed by atoms with Gasteiger partial charge in [0.25, 0.3) is 0 Å². The SMILES string of the molecule is CCCS(=O)(=O)CCCC(C)CNC1CC1. The van der Waals surface area contributed by atoms with Crippen LogP contribution in [-0.4, -0.2) is 32.5 Å². The zero-order valence-electron chi connectivity index (χ0n) is 10.5. The van der Waals surface area contributed by atoms with Gasteiger partial charge in [0.15, 0.2) is 0 Å². The van der Waals surface area contributed by atoms with E-state index < -0.39 is 9.84 Å². The number of hydrogen-bond donors (Lipinski definition) is 1. The highest BCUT2D eigenvalue weighted by molar-refractivity contribution is 7.91. The van der Waals surface area contributed by atoms with Gasteiger partial charge in [0.2, 0.25) is 0 Å². The molecule has 1 fully saturated rings. The van der Waals surface area contributed by atoms with Gasteiger partial charge in [0, 0.05) is 11.8 Å². The zero-order chi connectivity index (χ0) is 12.0. The van der Waals surface area contributed by atoms with Gasteiger partial charge in [0.1, 0.15) is 9.84 Å². The smallest absolute Gasteiger partial charge is 0.150 e. The lowest BCUT2D eigenvalue weighted by molar-refractivity contribution is 0.473. The van der Waals surface area contributed by atoms with Crippen LogP contribution in [0.2, 0.25) is 0 Å². The van der Waals surface area contributed by atoms with Crippen LogP contribution >= 0.6 is 0 Å². The van der Waals surface area contributed by atoms with E-state index in [1.54, 1.807) is 0 Å². The standard InChI is InChI=1S/C12H25NO2S/c1-3-8-16(14,15)9-4-5-11(2)10-13-12-6-7-12/h11-13H,3-10H2,1-2H3. The molecule has 1 rings (SSSR count). The fourth-order valence-electron chi connectivity index (χ4n) is 1.82. The second kappa shape index (κ2) is 6.60. The van der Waals surface area contributed by atoms with Crippen molar-refractivity contribution in [2.24, 2.45) is 5.92 Å². The molecule has 4 heteroatoms. The van der Waals surface area contributed by atoms with Crippen LogP contribution < -0.4 is 5.32 Å². The molecule has 0 heterocycles. The molecule has 0 amide bonds. The fraction of sp³-hybridized carbons (Fsp3) is 1.00. The van der Waals surface area contributed by atoms with Crippen LogP contribution in [0, 0.1) is 5.92 Å². The van der Waals surface area contributed by atoms with Crippen LogP contribution in [0.1, 0.15) is 46.0 Å². The van der Waals surface area contributed by atoms with Crippen molar-refractivity contribution < 1.29 is 8.42 Å². The first-order valence-electron chi connectivity index (χ1n) is 6.47. The van der Waals surface area contributed by atoms with Crippen LogP contribution in [0.5, 0.6) is 0 Å². The Morgan fingerprint density at radius 1 is 1.31 bits per heavy atom. The summed E-state index contributed by atoms with van der Waals surface area (Å²) >= 11 is 0. The van der Waals surface area contributed by atoms with Crippen molar-refractivity contribution >= 4 is 9.84 Å². The molecule has 0 radical (unpaired) electrons. The molecule has 0 saturated heterocycles. The molecule has 0 aromatic heterocycles. The Bertz CT molecular complexity index is 283. The lowest BCUT2D eigenvalue weighted by Gasteiger charge is -2.11. The third kappa shape index (κ3) is 6.48. The summed E-state index contributed by atoms with van der Waals surface area (Å²) in [4.78, 5) is 0. The molecule has 0 aromatic rings. The molecule has 1 unspecified atom stereocenters. The normalized spacial score (nSPS) is 18.6. The van der Waals surface area contributed by atoms with Crippen molar-refractivity contribution in [3.63, 3.8) is 0 Å². The Labute approximate surface area is 99.9 Å². The number of sulfone groups is 1. The molecule has 0 bridgehead atoms. The molecule has 96 valence electrons. The van der Waals surface area contributed by atoms with Gasteiger partial charge < -0.3 is 5.32 Å². The molecule has 3 nitrogen and oxygen atoms in total. The van der Waals surface area contributed by atoms with Gasteiger partial charge in [-0.15, -0.1) is 0 Å². The zero-order valence-corrected chi connectivity index (χ0v) is 11.4. The first kappa shape index (κ1) is 14.0. The summed E-state index contributed by atoms with van der Waals surface area (Å²) < 4.78 is 22.9. The number of rotatable bonds is 9. The maximum atomic E-state index is 11.5. The van der Waals surface area contributed by atoms with E-state index in [4.69, 9.17) is 0 Å². The molecule has 16 heavy (non-hydrogen) atoms. The second-order valence-corrected chi connectivity index (χ2v) is 7.39. The van der Waals surface area contributed by atoms with Crippen LogP contribution in [0.4, 0.5) is 0 Å². The quantitative estimate of drug-likeness (QED) is 0.677. The van der Waals surface area contributed by atoms with Crippen LogP contribution in [0.15, 0.2) is 0 Å². The molecular formula is C12H25NO2S. The summed E-state index contributed by atoms with van der Waals surface area (Å²) in [6.07, 6.45) is 5.20. The minimum Gasteiger partial charge on any atom is -0.314 e. The van der Waals surface area contributed by atoms with Gasteiger partial charge in [-0.2, -0.15) is 0 Å². The molecule has 1 aliphatic rings. The lowest BCUT2D eigenvalue weighted by Crippen LogP contribution is -2.23. The van der Waals surface area contributed by atoms with Gasteiger partial charge in [-0.3, -0.25) is 0 Å². The predicted octanol–water partition coefficient (Wildman–Crippen LogP) is 1.98. The monoisotopic (exact) mass is 247 g/mol. The average Bonchev–Trinajstić information content (AvgIpc) is 2.97. The highest BCUT2D eigenvalue weighted by Crippen LogP contribution is 2.19. The van der Waals surface area contributed by atoms with Crippen molar-refractivity contribution in [2.45, 2.75) is 52.0 Å². The largest absolute Gasteiger partial charge is 0.314 e. The van der Waals surface area contributed by atoms with Gasteiger partial charge in [-0.1, -0.05) is 13.8 Å². The van der Waals surface area contributed by atoms with Crippen molar-refractivity contribution in [1.29, 1.82) is 0 Å². The Balaban J connectivity index is 2.04. The van der Waals surface area contributed by atoms with Gasteiger partial charge in [-0.05, 0) is 44.6 Å². The van der Waals surface area contributed by atoms with E-state index >= 15 is 0 Å². The van der Waals surface area contributed by atoms with E-state index in [0.717, 1.165) is 31.8 Å². The first-order valence-corrected chi connectivity index (χ1v) is 8.29. The van der Waals surface area contributed by atoms with Gasteiger partial charge >= 0.3 is 0 Å². The average molecular weight is 247 g/mol. The number of nitrogens with one attached hydrogen (secondary N) is 1. The summed E-state index contributed by atoms with van der Waals surface area (Å²) in [7, 11) is -2.77. The summed E-state index contributed by atoms with van der Waals surface area (Å²) in [5.74, 6) is 1.31. The van der Waals surface area contributed by atoms with E-state index in [9.17, 15) is 8.42 Å². The van der Waals surface area contributed by atoms with Crippen molar-refractivity contribution in [1.82, 2.24) is 5.32 Å². The van der Waals surface area contributed by atoms with Gasteiger partial charge in [-0.25, -0.2) is 8.42 Å². The van der Waals surface area contributed by atoms with Crippen LogP contribution in [0.25, 0.3) is 0 Å². The maximum absolute atomic E-state index is 11.5. The second-order valence-electron chi connectivity index (χ2n) is 5.08. The van der Waals surface area contributed by atoms with E-state index in [1.165, 1.54) is 12.8 Å². The van der Waals surface area contributed by atoms with E-state index in [-0.39, 0.29) is 0 Å². The highest BCUT2D eigenvalue weighted by atomic mass is 32.2. The van der Waals surface area contributed by atoms with Crippen molar-refractivity contribution in [3.8, 4) is 0 Å². The minimum absolute atomic E-state index is 0.349. The molecular weight excluding hydrogens is 222 g/mol. The molecule has 0 spiro atoms. The summed E-state index contributed by atoms with van der Waals surface area (Å²) in [5.41, 5.74) is 0. The summed E-state index contributed by atoms with van der Waals surface area (Å²) in [6.45, 7) is 5.15. The third-order valence-corrected chi connectivity index (χ3v) is 4.94. The lowest BCUT2D eigenvalue weighted by atomic mass is 10.1. The van der Waals surface area contributed by atoms with Crippen LogP contribution in [0.3, 0.4) is 0 Å². The molecule has 1 N–H and O–H groups in total. The molecule has 1 atom stereocenters. The van der Waals surface area contributed by atoms with E-state index in [1.807, 2.05) is 6.92 Å². The van der Waals surface area contributed by atoms with E-state index in [0.29, 0.717) is 17.4 Å². The van der Waals surface area contributed by atoms with Crippen LogP contribution in [-0.2, 0) is 9.84 Å². The van der Waals surface area contributed by atoms with Crippen molar-refractivity contribution in [3.05, 3.63) is 0 Å². The first-order chi connectivity index (χ1) is 7.53. The summed E-state index contributed by atoms with van der Waals surface area (Å²) in [5, 5.41) is 3.48. The fourth-order valence-corrected chi connectivity index (χ4v) is 3.25. The third-order valence-electron chi connectivity index (χ3n) is 3.00. The van der Waals surface area contributed by atoms with E-state index in [2.05, 4.69) is 12.2 Å². The predicted molar refractivity (Wildman–Crippen MR) is 68.4 cm³/mol. The van der Waals surface area contributed by atoms with Gasteiger partial charge in [0.05, 0.1) is 5.75 Å². The Morgan fingerprint density at radius 2 is 2.00 bits per heavy atom. The maximum Gasteiger partial charge on any atom is 0.150 e. The summed E-state index contributed by atoms with van der Waals surface area (Å²) in [6, 6.07) is 0.756. The topological polar surface area (TPSA) is 46.2 Å². The molecule has 0 aromatic carbocycles. The Hall–Kier alpha value is -0.0900. The molecule has 0 aliphatic heterocycles. The highest BCUT2D eigenvalue weighted by Gasteiger charge is 2.20. The van der Waals surface area contributed by atoms with Crippen molar-refractivity contribution in [2.75, 3.05) is 18.1 Å². The number of hydrogen-bond acceptors (Lipinski definition) is 3. The Morgan fingerprint density at radius 3 is 2.56 bits per heavy atom. The minimum atomic E-state index is -2.77.